The number of para-hydroxylation sites is 2. The number of rotatable bonds is 10. The largest absolute Gasteiger partial charge is 0.379 e. The molecule has 10 heteroatoms. The number of anilines is 1. The fourth-order valence-electron chi connectivity index (χ4n) is 4.10. The summed E-state index contributed by atoms with van der Waals surface area (Å²) < 4.78 is 5.40. The number of piperazine rings is 1. The first-order valence-electron chi connectivity index (χ1n) is 11.9. The van der Waals surface area contributed by atoms with Crippen LogP contribution in [0.3, 0.4) is 0 Å². The Labute approximate surface area is 204 Å². The Morgan fingerprint density at radius 2 is 1.86 bits per heavy atom. The van der Waals surface area contributed by atoms with Crippen LogP contribution in [0.15, 0.2) is 53.1 Å². The van der Waals surface area contributed by atoms with Crippen molar-refractivity contribution in [2.24, 2.45) is 0 Å². The van der Waals surface area contributed by atoms with E-state index in [1.54, 1.807) is 18.2 Å². The third-order valence-corrected chi connectivity index (χ3v) is 6.12. The van der Waals surface area contributed by atoms with Crippen molar-refractivity contribution in [2.45, 2.75) is 26.2 Å². The highest BCUT2D eigenvalue weighted by atomic mass is 16.6. The number of nitrogens with zero attached hydrogens (tertiary/aromatic N) is 5. The lowest BCUT2D eigenvalue weighted by Crippen LogP contribution is -2.49. The molecule has 1 fully saturated rings. The van der Waals surface area contributed by atoms with E-state index in [2.05, 4.69) is 20.4 Å². The number of nitro benzene ring substituents is 1. The summed E-state index contributed by atoms with van der Waals surface area (Å²) in [5.74, 6) is 1.31. The van der Waals surface area contributed by atoms with Gasteiger partial charge in [-0.15, -0.1) is 0 Å². The summed E-state index contributed by atoms with van der Waals surface area (Å²) in [6, 6.07) is 14.5. The van der Waals surface area contributed by atoms with Crippen molar-refractivity contribution in [1.82, 2.24) is 19.9 Å². The van der Waals surface area contributed by atoms with Gasteiger partial charge in [-0.3, -0.25) is 19.8 Å². The number of carbonyl (C=O) groups excluding carboxylic acids is 1. The molecule has 0 atom stereocenters. The first-order valence-corrected chi connectivity index (χ1v) is 11.9. The van der Waals surface area contributed by atoms with Crippen LogP contribution in [-0.2, 0) is 11.2 Å². The Kier molecular flexibility index (Phi) is 8.04. The molecule has 3 aromatic rings. The summed E-state index contributed by atoms with van der Waals surface area (Å²) in [6.07, 6.45) is 1.92. The van der Waals surface area contributed by atoms with E-state index < -0.39 is 4.92 Å². The lowest BCUT2D eigenvalue weighted by atomic mass is 10.1. The number of nitrogens with one attached hydrogen (secondary N) is 1. The maximum absolute atomic E-state index is 12.6. The van der Waals surface area contributed by atoms with E-state index in [4.69, 9.17) is 4.52 Å². The van der Waals surface area contributed by atoms with E-state index in [0.717, 1.165) is 38.0 Å². The predicted octanol–water partition coefficient (Wildman–Crippen LogP) is 3.53. The van der Waals surface area contributed by atoms with Crippen LogP contribution in [0.1, 0.15) is 24.3 Å². The Hall–Kier alpha value is -3.79. The van der Waals surface area contributed by atoms with E-state index in [1.165, 1.54) is 11.6 Å². The maximum Gasteiger partial charge on any atom is 0.292 e. The second-order valence-corrected chi connectivity index (χ2v) is 8.65. The number of hydrogen-bond acceptors (Lipinski definition) is 8. The quantitative estimate of drug-likeness (QED) is 0.347. The van der Waals surface area contributed by atoms with Crippen molar-refractivity contribution in [1.29, 1.82) is 0 Å². The number of benzene rings is 2. The van der Waals surface area contributed by atoms with Gasteiger partial charge in [-0.1, -0.05) is 47.1 Å². The molecule has 0 bridgehead atoms. The van der Waals surface area contributed by atoms with Gasteiger partial charge in [0.2, 0.25) is 17.6 Å². The minimum Gasteiger partial charge on any atom is -0.379 e. The van der Waals surface area contributed by atoms with E-state index in [-0.39, 0.29) is 11.6 Å². The number of carbonyl (C=O) groups is 1. The van der Waals surface area contributed by atoms with Gasteiger partial charge in [-0.25, -0.2) is 0 Å². The molecule has 1 saturated heterocycles. The molecule has 1 aromatic heterocycles. The van der Waals surface area contributed by atoms with Crippen LogP contribution in [-0.4, -0.2) is 70.0 Å². The smallest absolute Gasteiger partial charge is 0.292 e. The normalized spacial score (nSPS) is 14.1. The maximum atomic E-state index is 12.6. The van der Waals surface area contributed by atoms with Crippen molar-refractivity contribution < 1.29 is 14.2 Å². The van der Waals surface area contributed by atoms with Gasteiger partial charge < -0.3 is 14.7 Å². The molecule has 0 aliphatic carbocycles. The Morgan fingerprint density at radius 3 is 2.60 bits per heavy atom. The van der Waals surface area contributed by atoms with Gasteiger partial charge in [0.1, 0.15) is 5.69 Å². The average Bonchev–Trinajstić information content (AvgIpc) is 3.34. The highest BCUT2D eigenvalue weighted by Crippen LogP contribution is 2.23. The van der Waals surface area contributed by atoms with E-state index in [1.807, 2.05) is 36.1 Å². The van der Waals surface area contributed by atoms with Gasteiger partial charge in [-0.2, -0.15) is 4.98 Å². The zero-order chi connectivity index (χ0) is 24.6. The topological polar surface area (TPSA) is 118 Å². The zero-order valence-electron chi connectivity index (χ0n) is 19.9. The summed E-state index contributed by atoms with van der Waals surface area (Å²) in [7, 11) is 0. The summed E-state index contributed by atoms with van der Waals surface area (Å²) in [6.45, 7) is 6.32. The molecule has 1 N–H and O–H groups in total. The Morgan fingerprint density at radius 1 is 1.11 bits per heavy atom. The molecule has 4 rings (SSSR count). The molecule has 2 heterocycles. The molecule has 1 amide bonds. The average molecular weight is 479 g/mol. The summed E-state index contributed by atoms with van der Waals surface area (Å²) >= 11 is 0. The molecule has 0 saturated carbocycles. The van der Waals surface area contributed by atoms with Crippen LogP contribution >= 0.6 is 0 Å². The fraction of sp³-hybridized carbons (Fsp3) is 0.400. The monoisotopic (exact) mass is 478 g/mol. The summed E-state index contributed by atoms with van der Waals surface area (Å²) in [5.41, 5.74) is 2.58. The van der Waals surface area contributed by atoms with Crippen LogP contribution in [0.4, 0.5) is 11.4 Å². The summed E-state index contributed by atoms with van der Waals surface area (Å²) in [4.78, 5) is 31.9. The molecular weight excluding hydrogens is 448 g/mol. The zero-order valence-corrected chi connectivity index (χ0v) is 19.9. The highest BCUT2D eigenvalue weighted by Gasteiger charge is 2.21. The third-order valence-electron chi connectivity index (χ3n) is 6.12. The van der Waals surface area contributed by atoms with Gasteiger partial charge in [0.05, 0.1) is 4.92 Å². The molecular formula is C25H30N6O4. The van der Waals surface area contributed by atoms with Crippen molar-refractivity contribution in [3.05, 3.63) is 70.1 Å². The van der Waals surface area contributed by atoms with Gasteiger partial charge in [0.25, 0.3) is 5.69 Å². The lowest BCUT2D eigenvalue weighted by molar-refractivity contribution is -0.384. The van der Waals surface area contributed by atoms with Crippen LogP contribution in [0.5, 0.6) is 0 Å². The minimum absolute atomic E-state index is 0.0143. The first-order chi connectivity index (χ1) is 17.0. The predicted molar refractivity (Wildman–Crippen MR) is 132 cm³/mol. The molecule has 0 unspecified atom stereocenters. The second kappa shape index (κ2) is 11.6. The molecule has 35 heavy (non-hydrogen) atoms. The molecule has 0 spiro atoms. The van der Waals surface area contributed by atoms with Crippen molar-refractivity contribution in [2.75, 3.05) is 44.6 Å². The van der Waals surface area contributed by atoms with Crippen LogP contribution in [0.2, 0.25) is 0 Å². The van der Waals surface area contributed by atoms with Gasteiger partial charge >= 0.3 is 0 Å². The molecule has 1 aliphatic rings. The van der Waals surface area contributed by atoms with Crippen LogP contribution in [0, 0.1) is 17.0 Å². The number of hydrogen-bond donors (Lipinski definition) is 1. The number of aryl methyl sites for hydroxylation is 2. The Bertz CT molecular complexity index is 1140. The van der Waals surface area contributed by atoms with Crippen molar-refractivity contribution in [3.63, 3.8) is 0 Å². The van der Waals surface area contributed by atoms with Crippen molar-refractivity contribution in [3.8, 4) is 11.4 Å². The van der Waals surface area contributed by atoms with Crippen molar-refractivity contribution >= 4 is 17.3 Å². The molecule has 2 aromatic carbocycles. The molecule has 1 aliphatic heterocycles. The van der Waals surface area contributed by atoms with Gasteiger partial charge in [0.15, 0.2) is 0 Å². The SMILES string of the molecule is Cc1ccc(-c2noc(CCCN3CCN(C(=O)CCNc4ccccc4[N+](=O)[O-])CC3)n2)cc1. The first kappa shape index (κ1) is 24.3. The highest BCUT2D eigenvalue weighted by molar-refractivity contribution is 5.77. The lowest BCUT2D eigenvalue weighted by Gasteiger charge is -2.34. The number of amides is 1. The number of aromatic nitrogens is 2. The fourth-order valence-corrected chi connectivity index (χ4v) is 4.10. The third kappa shape index (κ3) is 6.63. The van der Waals surface area contributed by atoms with E-state index in [0.29, 0.717) is 43.5 Å². The van der Waals surface area contributed by atoms with Gasteiger partial charge in [-0.05, 0) is 26.0 Å². The minimum atomic E-state index is -0.426. The summed E-state index contributed by atoms with van der Waals surface area (Å²) in [5, 5.41) is 18.2. The molecule has 184 valence electrons. The molecule has 10 nitrogen and oxygen atoms in total. The van der Waals surface area contributed by atoms with E-state index >= 15 is 0 Å². The van der Waals surface area contributed by atoms with Crippen LogP contribution in [0.25, 0.3) is 11.4 Å². The Balaban J connectivity index is 1.14. The second-order valence-electron chi connectivity index (χ2n) is 8.65. The molecule has 0 radical (unpaired) electrons. The van der Waals surface area contributed by atoms with E-state index in [9.17, 15) is 14.9 Å². The van der Waals surface area contributed by atoms with Gasteiger partial charge in [0, 0.05) is 57.2 Å². The standard InChI is InChI=1S/C25H30N6O4/c1-19-8-10-20(11-9-19)25-27-23(35-28-25)7-4-14-29-15-17-30(18-16-29)24(32)12-13-26-21-5-2-3-6-22(21)31(33)34/h2-3,5-6,8-11,26H,4,7,12-18H2,1H3. The van der Waals surface area contributed by atoms with Crippen LogP contribution < -0.4 is 5.32 Å². The number of nitro groups is 1.